The molecule has 90 valence electrons. The number of hydrogen-bond donors (Lipinski definition) is 2. The number of hydrogen-bond acceptors (Lipinski definition) is 4. The average molecular weight is 268 g/mol. The summed E-state index contributed by atoms with van der Waals surface area (Å²) in [6.07, 6.45) is 3.43. The summed E-state index contributed by atoms with van der Waals surface area (Å²) in [5.41, 5.74) is 3.93. The van der Waals surface area contributed by atoms with Gasteiger partial charge in [-0.15, -0.1) is 11.3 Å². The molecule has 0 radical (unpaired) electrons. The lowest BCUT2D eigenvalue weighted by Crippen LogP contribution is -2.38. The van der Waals surface area contributed by atoms with E-state index in [1.165, 1.54) is 0 Å². The summed E-state index contributed by atoms with van der Waals surface area (Å²) in [4.78, 5) is 4.26. The second-order valence-electron chi connectivity index (χ2n) is 3.79. The van der Waals surface area contributed by atoms with Crippen LogP contribution in [0.15, 0.2) is 35.8 Å². The van der Waals surface area contributed by atoms with Crippen LogP contribution >= 0.6 is 22.9 Å². The third-order valence-corrected chi connectivity index (χ3v) is 3.74. The fraction of sp³-hybridized carbons (Fsp3) is 0.250. The van der Waals surface area contributed by atoms with Crippen LogP contribution < -0.4 is 11.3 Å². The van der Waals surface area contributed by atoms with Gasteiger partial charge in [-0.25, -0.2) is 4.98 Å². The summed E-state index contributed by atoms with van der Waals surface area (Å²) < 4.78 is 0. The van der Waals surface area contributed by atoms with Gasteiger partial charge >= 0.3 is 0 Å². The number of nitrogens with one attached hydrogen (secondary N) is 1. The van der Waals surface area contributed by atoms with Crippen LogP contribution in [0.2, 0.25) is 5.02 Å². The number of thiazole rings is 1. The van der Waals surface area contributed by atoms with Crippen LogP contribution in [0.1, 0.15) is 10.6 Å². The van der Waals surface area contributed by atoms with E-state index in [0.717, 1.165) is 28.4 Å². The molecular formula is C12H14ClN3S. The Morgan fingerprint density at radius 1 is 1.35 bits per heavy atom. The first kappa shape index (κ1) is 12.5. The normalized spacial score (nSPS) is 12.6. The van der Waals surface area contributed by atoms with Crippen molar-refractivity contribution in [1.29, 1.82) is 0 Å². The van der Waals surface area contributed by atoms with Crippen molar-refractivity contribution >= 4 is 22.9 Å². The van der Waals surface area contributed by atoms with Crippen molar-refractivity contribution in [3.8, 4) is 0 Å². The standard InChI is InChI=1S/C12H14ClN3S/c13-11-4-2-1-3-9(11)7-10(16-14)8-12-15-5-6-17-12/h1-6,10,16H,7-8,14H2. The van der Waals surface area contributed by atoms with E-state index in [0.29, 0.717) is 0 Å². The van der Waals surface area contributed by atoms with Gasteiger partial charge in [0.15, 0.2) is 0 Å². The topological polar surface area (TPSA) is 50.9 Å². The van der Waals surface area contributed by atoms with Crippen molar-refractivity contribution in [2.75, 3.05) is 0 Å². The molecule has 0 saturated heterocycles. The Morgan fingerprint density at radius 3 is 2.82 bits per heavy atom. The highest BCUT2D eigenvalue weighted by atomic mass is 35.5. The molecule has 0 bridgehead atoms. The first-order valence-electron chi connectivity index (χ1n) is 5.37. The summed E-state index contributed by atoms with van der Waals surface area (Å²) >= 11 is 7.77. The molecule has 0 amide bonds. The summed E-state index contributed by atoms with van der Waals surface area (Å²) in [5, 5.41) is 3.84. The van der Waals surface area contributed by atoms with Gasteiger partial charge in [-0.1, -0.05) is 29.8 Å². The number of benzene rings is 1. The minimum Gasteiger partial charge on any atom is -0.271 e. The van der Waals surface area contributed by atoms with Crippen molar-refractivity contribution in [3.05, 3.63) is 51.4 Å². The quantitative estimate of drug-likeness (QED) is 0.646. The van der Waals surface area contributed by atoms with Gasteiger partial charge < -0.3 is 0 Å². The van der Waals surface area contributed by atoms with Crippen molar-refractivity contribution in [3.63, 3.8) is 0 Å². The molecule has 0 fully saturated rings. The molecule has 3 nitrogen and oxygen atoms in total. The van der Waals surface area contributed by atoms with E-state index < -0.39 is 0 Å². The fourth-order valence-electron chi connectivity index (χ4n) is 1.68. The highest BCUT2D eigenvalue weighted by molar-refractivity contribution is 7.09. The Kier molecular flexibility index (Phi) is 4.50. The number of rotatable bonds is 5. The Labute approximate surface area is 110 Å². The van der Waals surface area contributed by atoms with Crippen LogP contribution in [0, 0.1) is 0 Å². The Bertz CT molecular complexity index is 459. The van der Waals surface area contributed by atoms with Gasteiger partial charge in [0.25, 0.3) is 0 Å². The zero-order valence-corrected chi connectivity index (χ0v) is 10.8. The van der Waals surface area contributed by atoms with Gasteiger partial charge in [-0.05, 0) is 18.1 Å². The van der Waals surface area contributed by atoms with E-state index in [-0.39, 0.29) is 6.04 Å². The molecule has 0 aliphatic carbocycles. The number of hydrazine groups is 1. The average Bonchev–Trinajstić information content (AvgIpc) is 2.84. The van der Waals surface area contributed by atoms with Gasteiger partial charge in [0.1, 0.15) is 0 Å². The van der Waals surface area contributed by atoms with E-state index in [1.807, 2.05) is 35.8 Å². The lowest BCUT2D eigenvalue weighted by Gasteiger charge is -2.15. The van der Waals surface area contributed by atoms with Crippen molar-refractivity contribution in [1.82, 2.24) is 10.4 Å². The highest BCUT2D eigenvalue weighted by Gasteiger charge is 2.12. The summed E-state index contributed by atoms with van der Waals surface area (Å²) in [7, 11) is 0. The van der Waals surface area contributed by atoms with Crippen LogP contribution in [-0.2, 0) is 12.8 Å². The van der Waals surface area contributed by atoms with E-state index in [1.54, 1.807) is 11.3 Å². The summed E-state index contributed by atoms with van der Waals surface area (Å²) in [5.74, 6) is 5.57. The molecule has 0 saturated carbocycles. The Hall–Kier alpha value is -0.940. The van der Waals surface area contributed by atoms with Gasteiger partial charge in [0.2, 0.25) is 0 Å². The van der Waals surface area contributed by atoms with Gasteiger partial charge in [-0.2, -0.15) is 0 Å². The molecule has 1 aromatic carbocycles. The largest absolute Gasteiger partial charge is 0.271 e. The maximum absolute atomic E-state index is 6.13. The first-order valence-corrected chi connectivity index (χ1v) is 6.63. The Balaban J connectivity index is 2.03. The second-order valence-corrected chi connectivity index (χ2v) is 5.18. The lowest BCUT2D eigenvalue weighted by atomic mass is 10.0. The molecular weight excluding hydrogens is 254 g/mol. The van der Waals surface area contributed by atoms with Crippen LogP contribution in [-0.4, -0.2) is 11.0 Å². The number of nitrogens with two attached hydrogens (primary N) is 1. The van der Waals surface area contributed by atoms with E-state index in [2.05, 4.69) is 10.4 Å². The van der Waals surface area contributed by atoms with Gasteiger partial charge in [-0.3, -0.25) is 11.3 Å². The lowest BCUT2D eigenvalue weighted by molar-refractivity contribution is 0.521. The zero-order chi connectivity index (χ0) is 12.1. The van der Waals surface area contributed by atoms with Crippen LogP contribution in [0.3, 0.4) is 0 Å². The van der Waals surface area contributed by atoms with Gasteiger partial charge in [0.05, 0.1) is 5.01 Å². The first-order chi connectivity index (χ1) is 8.29. The van der Waals surface area contributed by atoms with Crippen molar-refractivity contribution < 1.29 is 0 Å². The smallest absolute Gasteiger partial charge is 0.0940 e. The molecule has 0 spiro atoms. The number of aromatic nitrogens is 1. The van der Waals surface area contributed by atoms with E-state index >= 15 is 0 Å². The molecule has 3 N–H and O–H groups in total. The monoisotopic (exact) mass is 267 g/mol. The molecule has 0 aliphatic heterocycles. The Morgan fingerprint density at radius 2 is 2.18 bits per heavy atom. The summed E-state index contributed by atoms with van der Waals surface area (Å²) in [6, 6.07) is 7.99. The van der Waals surface area contributed by atoms with Crippen LogP contribution in [0.25, 0.3) is 0 Å². The fourth-order valence-corrected chi connectivity index (χ4v) is 2.59. The van der Waals surface area contributed by atoms with Gasteiger partial charge in [0, 0.05) is 29.1 Å². The van der Waals surface area contributed by atoms with E-state index in [4.69, 9.17) is 17.4 Å². The number of halogens is 1. The molecule has 2 aromatic rings. The molecule has 1 atom stereocenters. The predicted octanol–water partition coefficient (Wildman–Crippen LogP) is 2.41. The maximum Gasteiger partial charge on any atom is 0.0940 e. The van der Waals surface area contributed by atoms with Crippen molar-refractivity contribution in [2.45, 2.75) is 18.9 Å². The molecule has 1 aromatic heterocycles. The predicted molar refractivity (Wildman–Crippen MR) is 72.1 cm³/mol. The molecule has 1 unspecified atom stereocenters. The van der Waals surface area contributed by atoms with Crippen LogP contribution in [0.4, 0.5) is 0 Å². The second kappa shape index (κ2) is 6.12. The highest BCUT2D eigenvalue weighted by Crippen LogP contribution is 2.18. The molecule has 2 rings (SSSR count). The SMILES string of the molecule is NNC(Cc1nccs1)Cc1ccccc1Cl. The zero-order valence-electron chi connectivity index (χ0n) is 9.27. The molecule has 5 heteroatoms. The third kappa shape index (κ3) is 3.51. The van der Waals surface area contributed by atoms with Crippen molar-refractivity contribution in [2.24, 2.45) is 5.84 Å². The minimum atomic E-state index is 0.154. The molecule has 17 heavy (non-hydrogen) atoms. The summed E-state index contributed by atoms with van der Waals surface area (Å²) in [6.45, 7) is 0. The van der Waals surface area contributed by atoms with E-state index in [9.17, 15) is 0 Å². The minimum absolute atomic E-state index is 0.154. The van der Waals surface area contributed by atoms with Crippen LogP contribution in [0.5, 0.6) is 0 Å². The number of nitrogens with zero attached hydrogens (tertiary/aromatic N) is 1. The molecule has 0 aliphatic rings. The maximum atomic E-state index is 6.13. The molecule has 1 heterocycles. The third-order valence-electron chi connectivity index (χ3n) is 2.56.